The topological polar surface area (TPSA) is 28.4 Å². The van der Waals surface area contributed by atoms with Gasteiger partial charge in [-0.15, -0.1) is 0 Å². The van der Waals surface area contributed by atoms with Gasteiger partial charge in [-0.3, -0.25) is 0 Å². The number of hydrogen-bond acceptors (Lipinski definition) is 3. The molecule has 0 bridgehead atoms. The molecule has 0 saturated heterocycles. The summed E-state index contributed by atoms with van der Waals surface area (Å²) < 4.78 is 18.7. The van der Waals surface area contributed by atoms with Crippen LogP contribution in [0.2, 0.25) is 0 Å². The monoisotopic (exact) mass is 276 g/mol. The van der Waals surface area contributed by atoms with E-state index in [-0.39, 0.29) is 5.82 Å². The molecule has 0 fully saturated rings. The molecule has 108 valence electrons. The average Bonchev–Trinajstić information content (AvgIpc) is 2.86. The minimum absolute atomic E-state index is 0.216. The van der Waals surface area contributed by atoms with Crippen LogP contribution in [-0.4, -0.2) is 13.6 Å². The van der Waals surface area contributed by atoms with Gasteiger partial charge in [0.25, 0.3) is 0 Å². The summed E-state index contributed by atoms with van der Waals surface area (Å²) >= 11 is 0. The summed E-state index contributed by atoms with van der Waals surface area (Å²) in [5.41, 5.74) is 1.99. The van der Waals surface area contributed by atoms with Crippen molar-refractivity contribution >= 4 is 5.69 Å². The van der Waals surface area contributed by atoms with Gasteiger partial charge in [-0.25, -0.2) is 4.39 Å². The lowest BCUT2D eigenvalue weighted by Crippen LogP contribution is -2.19. The molecular weight excluding hydrogens is 255 g/mol. The third-order valence-corrected chi connectivity index (χ3v) is 3.21. The van der Waals surface area contributed by atoms with Crippen molar-refractivity contribution < 1.29 is 8.81 Å². The lowest BCUT2D eigenvalue weighted by molar-refractivity contribution is 0.478. The molecule has 1 N–H and O–H groups in total. The van der Waals surface area contributed by atoms with E-state index in [1.807, 2.05) is 24.1 Å². The Morgan fingerprint density at radius 2 is 2.15 bits per heavy atom. The summed E-state index contributed by atoms with van der Waals surface area (Å²) in [4.78, 5) is 2.01. The van der Waals surface area contributed by atoms with E-state index in [1.54, 1.807) is 12.3 Å². The van der Waals surface area contributed by atoms with Gasteiger partial charge in [-0.2, -0.15) is 0 Å². The number of rotatable bonds is 7. The molecule has 0 unspecified atom stereocenters. The van der Waals surface area contributed by atoms with Gasteiger partial charge in [0.2, 0.25) is 0 Å². The zero-order valence-electron chi connectivity index (χ0n) is 12.0. The van der Waals surface area contributed by atoms with Crippen LogP contribution in [0.15, 0.2) is 41.0 Å². The van der Waals surface area contributed by atoms with Gasteiger partial charge < -0.3 is 14.6 Å². The molecule has 1 aromatic heterocycles. The second kappa shape index (κ2) is 7.10. The van der Waals surface area contributed by atoms with E-state index < -0.39 is 0 Å². The van der Waals surface area contributed by atoms with Gasteiger partial charge in [0, 0.05) is 24.8 Å². The van der Waals surface area contributed by atoms with Gasteiger partial charge in [0.1, 0.15) is 11.6 Å². The Hall–Kier alpha value is -1.81. The number of nitrogens with zero attached hydrogens (tertiary/aromatic N) is 1. The molecular formula is C16H21FN2O. The lowest BCUT2D eigenvalue weighted by atomic mass is 10.2. The second-order valence-corrected chi connectivity index (χ2v) is 4.88. The molecule has 2 rings (SSSR count). The Morgan fingerprint density at radius 1 is 1.30 bits per heavy atom. The van der Waals surface area contributed by atoms with Crippen molar-refractivity contribution in [1.29, 1.82) is 0 Å². The Balaban J connectivity index is 2.01. The summed E-state index contributed by atoms with van der Waals surface area (Å²) in [7, 11) is 1.95. The molecule has 0 amide bonds. The summed E-state index contributed by atoms with van der Waals surface area (Å²) in [6.45, 7) is 4.53. The van der Waals surface area contributed by atoms with E-state index in [1.165, 1.54) is 12.1 Å². The normalized spacial score (nSPS) is 10.8. The van der Waals surface area contributed by atoms with Crippen molar-refractivity contribution in [3.63, 3.8) is 0 Å². The van der Waals surface area contributed by atoms with Gasteiger partial charge in [0.05, 0.1) is 12.8 Å². The van der Waals surface area contributed by atoms with E-state index >= 15 is 0 Å². The van der Waals surface area contributed by atoms with Crippen LogP contribution in [0.5, 0.6) is 0 Å². The molecule has 0 aliphatic heterocycles. The van der Waals surface area contributed by atoms with Crippen LogP contribution < -0.4 is 10.2 Å². The molecule has 0 saturated carbocycles. The zero-order valence-corrected chi connectivity index (χ0v) is 12.0. The zero-order chi connectivity index (χ0) is 14.4. The van der Waals surface area contributed by atoms with Crippen LogP contribution in [0.1, 0.15) is 24.7 Å². The number of halogens is 1. The van der Waals surface area contributed by atoms with Crippen molar-refractivity contribution in [3.05, 3.63) is 53.7 Å². The van der Waals surface area contributed by atoms with E-state index in [9.17, 15) is 4.39 Å². The van der Waals surface area contributed by atoms with E-state index in [0.717, 1.165) is 36.5 Å². The average molecular weight is 276 g/mol. The van der Waals surface area contributed by atoms with Gasteiger partial charge in [-0.1, -0.05) is 13.0 Å². The number of nitrogens with one attached hydrogen (secondary N) is 1. The number of benzene rings is 1. The van der Waals surface area contributed by atoms with Gasteiger partial charge in [-0.05, 0) is 37.2 Å². The van der Waals surface area contributed by atoms with E-state index in [0.29, 0.717) is 6.54 Å². The third kappa shape index (κ3) is 3.84. The quantitative estimate of drug-likeness (QED) is 0.784. The molecule has 3 nitrogen and oxygen atoms in total. The first-order valence-corrected chi connectivity index (χ1v) is 6.93. The predicted molar refractivity (Wildman–Crippen MR) is 79.2 cm³/mol. The fourth-order valence-electron chi connectivity index (χ4n) is 2.10. The van der Waals surface area contributed by atoms with Crippen LogP contribution >= 0.6 is 0 Å². The molecule has 0 aliphatic carbocycles. The standard InChI is InChI=1S/C16H21FN2O/c1-3-8-18-11-16-13(7-9-20-16)12-19(2)15-6-4-5-14(17)10-15/h4-7,9-10,18H,3,8,11-12H2,1-2H3. The summed E-state index contributed by atoms with van der Waals surface area (Å²) in [6.07, 6.45) is 2.80. The maximum absolute atomic E-state index is 13.2. The maximum Gasteiger partial charge on any atom is 0.125 e. The first-order valence-electron chi connectivity index (χ1n) is 6.93. The largest absolute Gasteiger partial charge is 0.468 e. The number of hydrogen-bond donors (Lipinski definition) is 1. The first kappa shape index (κ1) is 14.6. The SMILES string of the molecule is CCCNCc1occc1CN(C)c1cccc(F)c1. The summed E-state index contributed by atoms with van der Waals surface area (Å²) in [6, 6.07) is 8.58. The van der Waals surface area contributed by atoms with Gasteiger partial charge >= 0.3 is 0 Å². The highest BCUT2D eigenvalue weighted by molar-refractivity contribution is 5.46. The Labute approximate surface area is 119 Å². The summed E-state index contributed by atoms with van der Waals surface area (Å²) in [5, 5.41) is 3.33. The smallest absolute Gasteiger partial charge is 0.125 e. The molecule has 0 radical (unpaired) electrons. The fraction of sp³-hybridized carbons (Fsp3) is 0.375. The van der Waals surface area contributed by atoms with Crippen LogP contribution in [0.3, 0.4) is 0 Å². The van der Waals surface area contributed by atoms with Crippen molar-refractivity contribution in [3.8, 4) is 0 Å². The molecule has 20 heavy (non-hydrogen) atoms. The van der Waals surface area contributed by atoms with Crippen molar-refractivity contribution in [2.24, 2.45) is 0 Å². The Morgan fingerprint density at radius 3 is 2.90 bits per heavy atom. The lowest BCUT2D eigenvalue weighted by Gasteiger charge is -2.19. The van der Waals surface area contributed by atoms with Crippen molar-refractivity contribution in [2.45, 2.75) is 26.4 Å². The molecule has 1 heterocycles. The van der Waals surface area contributed by atoms with Crippen molar-refractivity contribution in [2.75, 3.05) is 18.5 Å². The predicted octanol–water partition coefficient (Wildman–Crippen LogP) is 3.55. The molecule has 0 aliphatic rings. The third-order valence-electron chi connectivity index (χ3n) is 3.21. The van der Waals surface area contributed by atoms with Crippen LogP contribution in [0.4, 0.5) is 10.1 Å². The second-order valence-electron chi connectivity index (χ2n) is 4.88. The highest BCUT2D eigenvalue weighted by Gasteiger charge is 2.09. The van der Waals surface area contributed by atoms with E-state index in [2.05, 4.69) is 12.2 Å². The minimum Gasteiger partial charge on any atom is -0.468 e. The number of furan rings is 1. The molecule has 2 aromatic rings. The van der Waals surface area contributed by atoms with Crippen LogP contribution in [0, 0.1) is 5.82 Å². The fourth-order valence-corrected chi connectivity index (χ4v) is 2.10. The molecule has 1 aromatic carbocycles. The summed E-state index contributed by atoms with van der Waals surface area (Å²) in [5.74, 6) is 0.730. The number of anilines is 1. The minimum atomic E-state index is -0.216. The molecule has 4 heteroatoms. The van der Waals surface area contributed by atoms with Crippen LogP contribution in [0.25, 0.3) is 0 Å². The highest BCUT2D eigenvalue weighted by Crippen LogP contribution is 2.19. The van der Waals surface area contributed by atoms with Gasteiger partial charge in [0.15, 0.2) is 0 Å². The Kier molecular flexibility index (Phi) is 5.18. The molecule has 0 spiro atoms. The Bertz CT molecular complexity index is 539. The first-order chi connectivity index (χ1) is 9.70. The maximum atomic E-state index is 13.2. The highest BCUT2D eigenvalue weighted by atomic mass is 19.1. The van der Waals surface area contributed by atoms with Crippen LogP contribution in [-0.2, 0) is 13.1 Å². The van der Waals surface area contributed by atoms with Crippen molar-refractivity contribution in [1.82, 2.24) is 5.32 Å². The molecule has 0 atom stereocenters. The van der Waals surface area contributed by atoms with E-state index in [4.69, 9.17) is 4.42 Å².